The Morgan fingerprint density at radius 2 is 2.07 bits per heavy atom. The summed E-state index contributed by atoms with van der Waals surface area (Å²) in [5, 5.41) is 13.3. The van der Waals surface area contributed by atoms with Gasteiger partial charge in [-0.1, -0.05) is 25.1 Å². The van der Waals surface area contributed by atoms with Gasteiger partial charge < -0.3 is 24.9 Å². The lowest BCUT2D eigenvalue weighted by atomic mass is 9.88. The number of carbonyl (C=O) groups excluding carboxylic acids is 2. The van der Waals surface area contributed by atoms with Crippen LogP contribution < -0.4 is 5.32 Å². The van der Waals surface area contributed by atoms with Crippen molar-refractivity contribution >= 4 is 12.4 Å². The van der Waals surface area contributed by atoms with Crippen LogP contribution >= 0.6 is 0 Å². The van der Waals surface area contributed by atoms with E-state index in [0.29, 0.717) is 19.5 Å². The summed E-state index contributed by atoms with van der Waals surface area (Å²) in [7, 11) is 1.82. The van der Waals surface area contributed by atoms with E-state index in [1.807, 2.05) is 59.9 Å². The van der Waals surface area contributed by atoms with Crippen molar-refractivity contribution in [1.29, 1.82) is 0 Å². The molecule has 0 saturated carbocycles. The van der Waals surface area contributed by atoms with Gasteiger partial charge in [-0.25, -0.2) is 4.79 Å². The Kier molecular flexibility index (Phi) is 8.93. The molecule has 2 unspecified atom stereocenters. The Morgan fingerprint density at radius 1 is 1.44 bits per heavy atom. The van der Waals surface area contributed by atoms with E-state index >= 15 is 0 Å². The first-order chi connectivity index (χ1) is 12.7. The zero-order chi connectivity index (χ0) is 20.6. The van der Waals surface area contributed by atoms with Gasteiger partial charge in [-0.15, -0.1) is 0 Å². The molecule has 0 spiro atoms. The van der Waals surface area contributed by atoms with Gasteiger partial charge >= 0.3 is 6.09 Å². The molecule has 152 valence electrons. The Morgan fingerprint density at radius 3 is 2.59 bits per heavy atom. The standard InChI is InChI=1S/C18H28N2O3.C3H6O/c1-12-13-7-6-8-15(16(21)11-19-5)14(13)9-10-20(12)17(22)23-18(2,3)4;1-2-3-4/h6-8,12,16,19,21H,9-11H2,1-5H3;3H,2H2,1H3. The number of rotatable bonds is 4. The lowest BCUT2D eigenvalue weighted by Crippen LogP contribution is -2.42. The van der Waals surface area contributed by atoms with E-state index in [4.69, 9.17) is 4.74 Å². The minimum atomic E-state index is -0.532. The van der Waals surface area contributed by atoms with Crippen LogP contribution in [0.1, 0.15) is 69.9 Å². The number of nitrogens with one attached hydrogen (secondary N) is 1. The third kappa shape index (κ3) is 6.63. The average Bonchev–Trinajstić information content (AvgIpc) is 2.60. The second kappa shape index (κ2) is 10.4. The first-order valence-corrected chi connectivity index (χ1v) is 9.53. The van der Waals surface area contributed by atoms with Crippen LogP contribution in [0.25, 0.3) is 0 Å². The van der Waals surface area contributed by atoms with Crippen LogP contribution in [0, 0.1) is 0 Å². The number of carbonyl (C=O) groups is 2. The normalized spacial score (nSPS) is 17.3. The maximum atomic E-state index is 12.4. The topological polar surface area (TPSA) is 78.9 Å². The van der Waals surface area contributed by atoms with E-state index in [0.717, 1.165) is 29.4 Å². The molecule has 0 fully saturated rings. The number of benzene rings is 1. The number of amides is 1. The molecule has 1 aromatic carbocycles. The van der Waals surface area contributed by atoms with E-state index in [1.54, 1.807) is 4.90 Å². The van der Waals surface area contributed by atoms with E-state index < -0.39 is 11.7 Å². The summed E-state index contributed by atoms with van der Waals surface area (Å²) in [6, 6.07) is 5.89. The van der Waals surface area contributed by atoms with Gasteiger partial charge in [-0.05, 0) is 57.9 Å². The summed E-state index contributed by atoms with van der Waals surface area (Å²) in [5.41, 5.74) is 2.70. The van der Waals surface area contributed by atoms with Gasteiger partial charge in [0.05, 0.1) is 12.1 Å². The number of aldehydes is 1. The number of aliphatic hydroxyl groups is 1. The molecule has 27 heavy (non-hydrogen) atoms. The highest BCUT2D eigenvalue weighted by Crippen LogP contribution is 2.34. The van der Waals surface area contributed by atoms with Gasteiger partial charge in [0.15, 0.2) is 0 Å². The molecule has 0 bridgehead atoms. The summed E-state index contributed by atoms with van der Waals surface area (Å²) in [6.45, 7) is 10.6. The van der Waals surface area contributed by atoms with Crippen molar-refractivity contribution in [2.75, 3.05) is 20.1 Å². The number of hydrogen-bond donors (Lipinski definition) is 2. The predicted molar refractivity (Wildman–Crippen MR) is 107 cm³/mol. The van der Waals surface area contributed by atoms with Crippen LogP contribution in [0.5, 0.6) is 0 Å². The molecule has 0 radical (unpaired) electrons. The second-order valence-corrected chi connectivity index (χ2v) is 7.66. The number of likely N-dealkylation sites (N-methyl/N-ethyl adjacent to an activating group) is 1. The van der Waals surface area contributed by atoms with Gasteiger partial charge in [0.2, 0.25) is 0 Å². The zero-order valence-electron chi connectivity index (χ0n) is 17.4. The monoisotopic (exact) mass is 378 g/mol. The molecule has 2 atom stereocenters. The summed E-state index contributed by atoms with van der Waals surface area (Å²) in [4.78, 5) is 23.3. The van der Waals surface area contributed by atoms with Gasteiger partial charge in [0, 0.05) is 19.5 Å². The van der Waals surface area contributed by atoms with Crippen molar-refractivity contribution in [3.63, 3.8) is 0 Å². The van der Waals surface area contributed by atoms with Crippen LogP contribution in [0.15, 0.2) is 18.2 Å². The van der Waals surface area contributed by atoms with Gasteiger partial charge in [-0.2, -0.15) is 0 Å². The summed E-state index contributed by atoms with van der Waals surface area (Å²) < 4.78 is 5.51. The number of fused-ring (bicyclic) bond motifs is 1. The Hall–Kier alpha value is -1.92. The lowest BCUT2D eigenvalue weighted by Gasteiger charge is -2.37. The fraction of sp³-hybridized carbons (Fsp3) is 0.619. The Bertz CT molecular complexity index is 625. The quantitative estimate of drug-likeness (QED) is 0.785. The van der Waals surface area contributed by atoms with E-state index in [1.165, 1.54) is 0 Å². The highest BCUT2D eigenvalue weighted by atomic mass is 16.6. The number of hydrogen-bond acceptors (Lipinski definition) is 5. The summed E-state index contributed by atoms with van der Waals surface area (Å²) in [6.07, 6.45) is 1.43. The number of ether oxygens (including phenoxy) is 1. The van der Waals surface area contributed by atoms with Gasteiger partial charge in [0.25, 0.3) is 0 Å². The van der Waals surface area contributed by atoms with Crippen LogP contribution in [0.4, 0.5) is 4.79 Å². The molecule has 1 aliphatic rings. The average molecular weight is 379 g/mol. The van der Waals surface area contributed by atoms with Crippen LogP contribution in [-0.4, -0.2) is 48.1 Å². The maximum absolute atomic E-state index is 12.4. The molecule has 2 rings (SSSR count). The molecule has 1 aromatic rings. The third-order valence-electron chi connectivity index (χ3n) is 4.32. The third-order valence-corrected chi connectivity index (χ3v) is 4.32. The zero-order valence-corrected chi connectivity index (χ0v) is 17.4. The highest BCUT2D eigenvalue weighted by Gasteiger charge is 2.32. The molecule has 6 heteroatoms. The molecule has 1 aliphatic heterocycles. The molecular weight excluding hydrogens is 344 g/mol. The second-order valence-electron chi connectivity index (χ2n) is 7.66. The Balaban J connectivity index is 0.000000828. The first kappa shape index (κ1) is 23.1. The molecule has 1 heterocycles. The van der Waals surface area contributed by atoms with Gasteiger partial charge in [-0.3, -0.25) is 0 Å². The largest absolute Gasteiger partial charge is 0.444 e. The minimum Gasteiger partial charge on any atom is -0.444 e. The van der Waals surface area contributed by atoms with Crippen molar-refractivity contribution in [2.24, 2.45) is 0 Å². The first-order valence-electron chi connectivity index (χ1n) is 9.53. The molecule has 0 aromatic heterocycles. The Labute approximate surface area is 162 Å². The van der Waals surface area contributed by atoms with Crippen LogP contribution in [0.3, 0.4) is 0 Å². The van der Waals surface area contributed by atoms with E-state index in [2.05, 4.69) is 5.32 Å². The molecular formula is C21H34N2O4. The molecule has 2 N–H and O–H groups in total. The van der Waals surface area contributed by atoms with E-state index in [9.17, 15) is 14.7 Å². The van der Waals surface area contributed by atoms with Crippen molar-refractivity contribution in [3.8, 4) is 0 Å². The minimum absolute atomic E-state index is 0.0599. The SMILES string of the molecule is CCC=O.CNCC(O)c1cccc2c1CCN(C(=O)OC(C)(C)C)C2C. The lowest BCUT2D eigenvalue weighted by molar-refractivity contribution is -0.107. The maximum Gasteiger partial charge on any atom is 0.410 e. The van der Waals surface area contributed by atoms with Crippen molar-refractivity contribution < 1.29 is 19.4 Å². The smallest absolute Gasteiger partial charge is 0.410 e. The molecule has 1 amide bonds. The van der Waals surface area contributed by atoms with Crippen LogP contribution in [0.2, 0.25) is 0 Å². The predicted octanol–water partition coefficient (Wildman–Crippen LogP) is 3.39. The molecule has 6 nitrogen and oxygen atoms in total. The fourth-order valence-electron chi connectivity index (χ4n) is 3.08. The number of aliphatic hydroxyl groups excluding tert-OH is 1. The van der Waals surface area contributed by atoms with Crippen LogP contribution in [-0.2, 0) is 16.0 Å². The van der Waals surface area contributed by atoms with Crippen molar-refractivity contribution in [3.05, 3.63) is 34.9 Å². The summed E-state index contributed by atoms with van der Waals surface area (Å²) in [5.74, 6) is 0. The van der Waals surface area contributed by atoms with Crippen molar-refractivity contribution in [1.82, 2.24) is 10.2 Å². The molecule has 0 aliphatic carbocycles. The fourth-order valence-corrected chi connectivity index (χ4v) is 3.08. The number of nitrogens with zero attached hydrogens (tertiary/aromatic N) is 1. The highest BCUT2D eigenvalue weighted by molar-refractivity contribution is 5.69. The van der Waals surface area contributed by atoms with E-state index in [-0.39, 0.29) is 12.1 Å². The van der Waals surface area contributed by atoms with Gasteiger partial charge in [0.1, 0.15) is 11.9 Å². The molecule has 0 saturated heterocycles. The summed E-state index contributed by atoms with van der Waals surface area (Å²) >= 11 is 0. The van der Waals surface area contributed by atoms with Crippen molar-refractivity contribution in [2.45, 2.75) is 65.2 Å².